The summed E-state index contributed by atoms with van der Waals surface area (Å²) in [7, 11) is 3.29. The molecule has 1 N–H and O–H groups in total. The lowest BCUT2D eigenvalue weighted by molar-refractivity contribution is -0.115. The summed E-state index contributed by atoms with van der Waals surface area (Å²) in [6.45, 7) is 1.93. The van der Waals surface area contributed by atoms with Crippen molar-refractivity contribution in [1.82, 2.24) is 14.5 Å². The minimum Gasteiger partial charge on any atom is -0.497 e. The molecular formula is C21H20N4O3S2. The fraction of sp³-hybridized carbons (Fsp3) is 0.238. The first-order valence-corrected chi connectivity index (χ1v) is 11.1. The van der Waals surface area contributed by atoms with Gasteiger partial charge >= 0.3 is 0 Å². The first-order valence-electron chi connectivity index (χ1n) is 9.38. The molecule has 0 fully saturated rings. The molecule has 0 aliphatic rings. The SMILES string of the molecule is CCC(Sc1nc2ccccc2c(=O)n1C)C(=O)Nc1nc2ccc(OC)cc2s1. The van der Waals surface area contributed by atoms with Crippen LogP contribution in [0.25, 0.3) is 21.1 Å². The molecule has 1 amide bonds. The van der Waals surface area contributed by atoms with Crippen LogP contribution in [0.3, 0.4) is 0 Å². The van der Waals surface area contributed by atoms with Crippen molar-refractivity contribution in [1.29, 1.82) is 0 Å². The summed E-state index contributed by atoms with van der Waals surface area (Å²) in [5.41, 5.74) is 1.30. The highest BCUT2D eigenvalue weighted by molar-refractivity contribution is 8.00. The first kappa shape index (κ1) is 20.4. The normalized spacial score (nSPS) is 12.2. The van der Waals surface area contributed by atoms with Gasteiger partial charge in [-0.15, -0.1) is 0 Å². The maximum Gasteiger partial charge on any atom is 0.261 e. The molecule has 2 aromatic carbocycles. The van der Waals surface area contributed by atoms with Gasteiger partial charge < -0.3 is 10.1 Å². The Balaban J connectivity index is 1.57. The first-order chi connectivity index (χ1) is 14.5. The Morgan fingerprint density at radius 3 is 2.80 bits per heavy atom. The molecule has 0 aliphatic heterocycles. The lowest BCUT2D eigenvalue weighted by Crippen LogP contribution is -2.27. The second-order valence-corrected chi connectivity index (χ2v) is 8.83. The summed E-state index contributed by atoms with van der Waals surface area (Å²) in [5.74, 6) is 0.574. The van der Waals surface area contributed by atoms with Crippen molar-refractivity contribution in [3.63, 3.8) is 0 Å². The number of hydrogen-bond acceptors (Lipinski definition) is 7. The van der Waals surface area contributed by atoms with Crippen LogP contribution in [0.1, 0.15) is 13.3 Å². The molecule has 30 heavy (non-hydrogen) atoms. The van der Waals surface area contributed by atoms with E-state index in [0.717, 1.165) is 16.0 Å². The topological polar surface area (TPSA) is 86.1 Å². The number of nitrogens with one attached hydrogen (secondary N) is 1. The number of fused-ring (bicyclic) bond motifs is 2. The zero-order chi connectivity index (χ0) is 21.3. The van der Waals surface area contributed by atoms with Crippen LogP contribution < -0.4 is 15.6 Å². The van der Waals surface area contributed by atoms with Crippen molar-refractivity contribution in [3.8, 4) is 5.75 Å². The standard InChI is InChI=1S/C21H20N4O3S2/c1-4-16(30-21-23-14-8-6-5-7-13(14)19(27)25(21)2)18(26)24-20-22-15-10-9-12(28-3)11-17(15)29-20/h5-11,16H,4H2,1-3H3,(H,22,24,26). The fourth-order valence-electron chi connectivity index (χ4n) is 3.02. The predicted molar refractivity (Wildman–Crippen MR) is 122 cm³/mol. The van der Waals surface area contributed by atoms with Gasteiger partial charge in [-0.1, -0.05) is 42.2 Å². The van der Waals surface area contributed by atoms with E-state index in [4.69, 9.17) is 4.74 Å². The van der Waals surface area contributed by atoms with E-state index >= 15 is 0 Å². The summed E-state index contributed by atoms with van der Waals surface area (Å²) in [6, 6.07) is 12.8. The van der Waals surface area contributed by atoms with E-state index in [1.165, 1.54) is 27.7 Å². The highest BCUT2D eigenvalue weighted by Crippen LogP contribution is 2.30. The number of carbonyl (C=O) groups is 1. The van der Waals surface area contributed by atoms with Crippen LogP contribution in [0.2, 0.25) is 0 Å². The highest BCUT2D eigenvalue weighted by atomic mass is 32.2. The molecular weight excluding hydrogens is 420 g/mol. The molecule has 1 unspecified atom stereocenters. The summed E-state index contributed by atoms with van der Waals surface area (Å²) in [6.07, 6.45) is 0.581. The van der Waals surface area contributed by atoms with Crippen LogP contribution in [-0.4, -0.2) is 32.8 Å². The van der Waals surface area contributed by atoms with Gasteiger partial charge in [0.05, 0.1) is 33.5 Å². The molecule has 0 spiro atoms. The quantitative estimate of drug-likeness (QED) is 0.359. The number of amides is 1. The molecule has 0 bridgehead atoms. The minimum absolute atomic E-state index is 0.126. The predicted octanol–water partition coefficient (Wildman–Crippen LogP) is 4.06. The van der Waals surface area contributed by atoms with Crippen LogP contribution in [-0.2, 0) is 11.8 Å². The lowest BCUT2D eigenvalue weighted by Gasteiger charge is -2.15. The van der Waals surface area contributed by atoms with Gasteiger partial charge in [0.25, 0.3) is 5.56 Å². The third kappa shape index (κ3) is 3.90. The second-order valence-electron chi connectivity index (χ2n) is 6.63. The number of ether oxygens (including phenoxy) is 1. The zero-order valence-electron chi connectivity index (χ0n) is 16.7. The number of para-hydroxylation sites is 1. The average Bonchev–Trinajstić information content (AvgIpc) is 3.16. The van der Waals surface area contributed by atoms with Gasteiger partial charge in [0.1, 0.15) is 5.75 Å². The van der Waals surface area contributed by atoms with Gasteiger partial charge in [-0.05, 0) is 36.8 Å². The molecule has 0 saturated carbocycles. The van der Waals surface area contributed by atoms with Crippen molar-refractivity contribution in [3.05, 3.63) is 52.8 Å². The van der Waals surface area contributed by atoms with E-state index < -0.39 is 5.25 Å². The van der Waals surface area contributed by atoms with Gasteiger partial charge in [-0.3, -0.25) is 14.2 Å². The number of carbonyl (C=O) groups excluding carboxylic acids is 1. The van der Waals surface area contributed by atoms with Crippen LogP contribution in [0.5, 0.6) is 5.75 Å². The summed E-state index contributed by atoms with van der Waals surface area (Å²) >= 11 is 2.67. The maximum atomic E-state index is 12.9. The molecule has 2 heterocycles. The lowest BCUT2D eigenvalue weighted by atomic mass is 10.2. The average molecular weight is 441 g/mol. The van der Waals surface area contributed by atoms with E-state index in [1.54, 1.807) is 26.3 Å². The third-order valence-corrected chi connectivity index (χ3v) is 7.02. The summed E-state index contributed by atoms with van der Waals surface area (Å²) in [4.78, 5) is 34.6. The molecule has 4 rings (SSSR count). The Kier molecular flexibility index (Phi) is 5.74. The van der Waals surface area contributed by atoms with Crippen molar-refractivity contribution in [2.75, 3.05) is 12.4 Å². The van der Waals surface area contributed by atoms with E-state index in [1.807, 2.05) is 37.3 Å². The monoisotopic (exact) mass is 440 g/mol. The van der Waals surface area contributed by atoms with Gasteiger partial charge in [-0.2, -0.15) is 0 Å². The Morgan fingerprint density at radius 1 is 1.23 bits per heavy atom. The van der Waals surface area contributed by atoms with Crippen LogP contribution in [0, 0.1) is 0 Å². The van der Waals surface area contributed by atoms with E-state index in [2.05, 4.69) is 15.3 Å². The van der Waals surface area contributed by atoms with Crippen molar-refractivity contribution < 1.29 is 9.53 Å². The zero-order valence-corrected chi connectivity index (χ0v) is 18.3. The Morgan fingerprint density at radius 2 is 2.03 bits per heavy atom. The number of anilines is 1. The van der Waals surface area contributed by atoms with Crippen LogP contribution in [0.15, 0.2) is 52.4 Å². The molecule has 154 valence electrons. The largest absolute Gasteiger partial charge is 0.497 e. The number of methoxy groups -OCH3 is 1. The molecule has 7 nitrogen and oxygen atoms in total. The number of nitrogens with zero attached hydrogens (tertiary/aromatic N) is 3. The van der Waals surface area contributed by atoms with E-state index in [0.29, 0.717) is 27.6 Å². The Hall–Kier alpha value is -2.91. The van der Waals surface area contributed by atoms with Crippen molar-refractivity contribution in [2.24, 2.45) is 7.05 Å². The Bertz CT molecular complexity index is 1300. The smallest absolute Gasteiger partial charge is 0.261 e. The third-order valence-electron chi connectivity index (χ3n) is 4.68. The number of thiazole rings is 1. The van der Waals surface area contributed by atoms with Crippen LogP contribution in [0.4, 0.5) is 5.13 Å². The molecule has 0 radical (unpaired) electrons. The molecule has 4 aromatic rings. The molecule has 1 atom stereocenters. The van der Waals surface area contributed by atoms with Crippen molar-refractivity contribution in [2.45, 2.75) is 23.8 Å². The number of rotatable bonds is 6. The van der Waals surface area contributed by atoms with Gasteiger partial charge in [0.2, 0.25) is 5.91 Å². The number of hydrogen-bond donors (Lipinski definition) is 1. The second kappa shape index (κ2) is 8.45. The van der Waals surface area contributed by atoms with E-state index in [9.17, 15) is 9.59 Å². The summed E-state index contributed by atoms with van der Waals surface area (Å²) in [5, 5.41) is 4.09. The fourth-order valence-corrected chi connectivity index (χ4v) is 4.90. The Labute approximate surface area is 181 Å². The highest BCUT2D eigenvalue weighted by Gasteiger charge is 2.22. The van der Waals surface area contributed by atoms with Gasteiger partial charge in [0.15, 0.2) is 10.3 Å². The van der Waals surface area contributed by atoms with Crippen molar-refractivity contribution >= 4 is 55.3 Å². The molecule has 9 heteroatoms. The molecule has 0 saturated heterocycles. The number of benzene rings is 2. The van der Waals surface area contributed by atoms with Gasteiger partial charge in [0, 0.05) is 7.05 Å². The number of thioether (sulfide) groups is 1. The minimum atomic E-state index is -0.411. The summed E-state index contributed by atoms with van der Waals surface area (Å²) < 4.78 is 7.67. The molecule has 0 aliphatic carbocycles. The molecule has 2 aromatic heterocycles. The van der Waals surface area contributed by atoms with Gasteiger partial charge in [-0.25, -0.2) is 9.97 Å². The number of aromatic nitrogens is 3. The maximum absolute atomic E-state index is 12.9. The van der Waals surface area contributed by atoms with E-state index in [-0.39, 0.29) is 11.5 Å². The van der Waals surface area contributed by atoms with Crippen LogP contribution >= 0.6 is 23.1 Å².